The molecule has 2 rings (SSSR count). The summed E-state index contributed by atoms with van der Waals surface area (Å²) in [6.45, 7) is 0. The van der Waals surface area contributed by atoms with Crippen LogP contribution < -0.4 is 0 Å². The van der Waals surface area contributed by atoms with Crippen molar-refractivity contribution < 1.29 is 12.8 Å². The van der Waals surface area contributed by atoms with Gasteiger partial charge in [0.1, 0.15) is 5.82 Å². The summed E-state index contributed by atoms with van der Waals surface area (Å²) < 4.78 is 36.5. The zero-order chi connectivity index (χ0) is 12.6. The van der Waals surface area contributed by atoms with Crippen LogP contribution in [0.25, 0.3) is 5.69 Å². The van der Waals surface area contributed by atoms with Crippen LogP contribution in [0.15, 0.2) is 35.5 Å². The molecule has 0 atom stereocenters. The maximum absolute atomic E-state index is 13.0. The van der Waals surface area contributed by atoms with Crippen molar-refractivity contribution in [1.29, 1.82) is 0 Å². The molecular weight excluding hydrogens is 290 g/mol. The summed E-state index contributed by atoms with van der Waals surface area (Å²) in [6.07, 6.45) is 1.27. The number of benzene rings is 1. The van der Waals surface area contributed by atoms with E-state index in [-0.39, 0.29) is 10.0 Å². The summed E-state index contributed by atoms with van der Waals surface area (Å²) in [5.41, 5.74) is 0.306. The Labute approximate surface area is 106 Å². The van der Waals surface area contributed by atoms with E-state index < -0.39 is 14.9 Å². The van der Waals surface area contributed by atoms with Crippen LogP contribution in [0.3, 0.4) is 0 Å². The van der Waals surface area contributed by atoms with Gasteiger partial charge in [-0.2, -0.15) is 5.10 Å². The van der Waals surface area contributed by atoms with Crippen LogP contribution in [-0.4, -0.2) is 18.2 Å². The van der Waals surface area contributed by atoms with E-state index in [4.69, 9.17) is 22.3 Å². The summed E-state index contributed by atoms with van der Waals surface area (Å²) in [6, 6.07) is 4.96. The Balaban J connectivity index is 2.62. The molecule has 0 aliphatic heterocycles. The van der Waals surface area contributed by atoms with Gasteiger partial charge in [0.15, 0.2) is 5.03 Å². The monoisotopic (exact) mass is 294 g/mol. The summed E-state index contributed by atoms with van der Waals surface area (Å²) >= 11 is 5.60. The van der Waals surface area contributed by atoms with E-state index >= 15 is 0 Å². The molecule has 0 spiro atoms. The first-order valence-corrected chi connectivity index (χ1v) is 7.02. The summed E-state index contributed by atoms with van der Waals surface area (Å²) in [5.74, 6) is -0.599. The molecule has 0 saturated heterocycles. The Morgan fingerprint density at radius 3 is 2.59 bits per heavy atom. The zero-order valence-corrected chi connectivity index (χ0v) is 10.5. The lowest BCUT2D eigenvalue weighted by Gasteiger charge is -2.05. The van der Waals surface area contributed by atoms with E-state index in [2.05, 4.69) is 5.10 Å². The molecule has 1 aromatic carbocycles. The Bertz CT molecular complexity index is 669. The topological polar surface area (TPSA) is 52.0 Å². The predicted molar refractivity (Wildman–Crippen MR) is 61.6 cm³/mol. The Morgan fingerprint density at radius 2 is 2.00 bits per heavy atom. The molecule has 0 unspecified atom stereocenters. The van der Waals surface area contributed by atoms with Crippen molar-refractivity contribution in [2.75, 3.05) is 0 Å². The predicted octanol–water partition coefficient (Wildman–Crippen LogP) is 2.59. The second-order valence-electron chi connectivity index (χ2n) is 3.12. The van der Waals surface area contributed by atoms with Crippen LogP contribution >= 0.6 is 22.3 Å². The summed E-state index contributed by atoms with van der Waals surface area (Å²) in [5, 5.41) is 3.46. The van der Waals surface area contributed by atoms with Crippen LogP contribution in [0, 0.1) is 5.82 Å². The fourth-order valence-electron chi connectivity index (χ4n) is 1.29. The first-order valence-electron chi connectivity index (χ1n) is 4.34. The molecule has 1 heterocycles. The lowest BCUT2D eigenvalue weighted by atomic mass is 10.3. The van der Waals surface area contributed by atoms with Gasteiger partial charge in [0.05, 0.1) is 16.9 Å². The van der Waals surface area contributed by atoms with Crippen molar-refractivity contribution in [3.63, 3.8) is 0 Å². The van der Waals surface area contributed by atoms with E-state index in [1.165, 1.54) is 24.4 Å². The lowest BCUT2D eigenvalue weighted by Crippen LogP contribution is -2.04. The van der Waals surface area contributed by atoms with Gasteiger partial charge in [-0.05, 0) is 24.3 Å². The van der Waals surface area contributed by atoms with Crippen molar-refractivity contribution >= 4 is 31.3 Å². The van der Waals surface area contributed by atoms with Gasteiger partial charge in [-0.3, -0.25) is 0 Å². The second-order valence-corrected chi connectivity index (χ2v) is 6.04. The average molecular weight is 295 g/mol. The molecule has 0 radical (unpaired) electrons. The maximum atomic E-state index is 13.0. The molecule has 90 valence electrons. The highest BCUT2D eigenvalue weighted by Crippen LogP contribution is 2.22. The van der Waals surface area contributed by atoms with Gasteiger partial charge in [0.2, 0.25) is 0 Å². The van der Waals surface area contributed by atoms with Gasteiger partial charge in [-0.25, -0.2) is 17.5 Å². The van der Waals surface area contributed by atoms with Gasteiger partial charge in [0, 0.05) is 10.7 Å². The first kappa shape index (κ1) is 12.3. The van der Waals surface area contributed by atoms with E-state index in [9.17, 15) is 12.8 Å². The molecule has 0 aliphatic rings. The smallest absolute Gasteiger partial charge is 0.221 e. The minimum Gasteiger partial charge on any atom is -0.221 e. The van der Waals surface area contributed by atoms with Crippen molar-refractivity contribution in [2.24, 2.45) is 0 Å². The average Bonchev–Trinajstić information content (AvgIpc) is 2.70. The summed E-state index contributed by atoms with van der Waals surface area (Å²) in [7, 11) is 1.30. The largest absolute Gasteiger partial charge is 0.278 e. The molecule has 4 nitrogen and oxygen atoms in total. The molecule has 0 bridgehead atoms. The highest BCUT2D eigenvalue weighted by molar-refractivity contribution is 8.13. The minimum atomic E-state index is -3.93. The first-order chi connectivity index (χ1) is 7.89. The Hall–Kier alpha value is -1.11. The van der Waals surface area contributed by atoms with E-state index in [0.717, 1.165) is 10.7 Å². The van der Waals surface area contributed by atoms with Crippen molar-refractivity contribution in [3.05, 3.63) is 41.3 Å². The highest BCUT2D eigenvalue weighted by atomic mass is 35.7. The van der Waals surface area contributed by atoms with Crippen LogP contribution in [0.4, 0.5) is 4.39 Å². The second kappa shape index (κ2) is 4.29. The normalized spacial score (nSPS) is 11.7. The SMILES string of the molecule is O=S(=O)(Cl)c1ccnn1-c1ccc(F)c(Cl)c1. The molecule has 8 heteroatoms. The lowest BCUT2D eigenvalue weighted by molar-refractivity contribution is 0.599. The number of nitrogens with zero attached hydrogens (tertiary/aromatic N) is 2. The quantitative estimate of drug-likeness (QED) is 0.800. The zero-order valence-electron chi connectivity index (χ0n) is 8.14. The number of aromatic nitrogens is 2. The Kier molecular flexibility index (Phi) is 3.11. The molecule has 0 aliphatic carbocycles. The van der Waals surface area contributed by atoms with Crippen molar-refractivity contribution in [3.8, 4) is 5.69 Å². The molecule has 0 amide bonds. The maximum Gasteiger partial charge on any atom is 0.278 e. The third-order valence-electron chi connectivity index (χ3n) is 2.01. The molecule has 2 aromatic rings. The third kappa shape index (κ3) is 2.43. The van der Waals surface area contributed by atoms with Crippen LogP contribution in [0.5, 0.6) is 0 Å². The van der Waals surface area contributed by atoms with Crippen LogP contribution in [0.2, 0.25) is 5.02 Å². The molecule has 0 saturated carbocycles. The molecule has 17 heavy (non-hydrogen) atoms. The molecule has 0 N–H and O–H groups in total. The number of hydrogen-bond acceptors (Lipinski definition) is 3. The standard InChI is InChI=1S/C9H5Cl2FN2O2S/c10-7-5-6(1-2-8(7)12)14-9(3-4-13-14)17(11,15)16/h1-5H. The van der Waals surface area contributed by atoms with Gasteiger partial charge in [-0.15, -0.1) is 0 Å². The van der Waals surface area contributed by atoms with Crippen molar-refractivity contribution in [2.45, 2.75) is 5.03 Å². The van der Waals surface area contributed by atoms with Gasteiger partial charge < -0.3 is 0 Å². The van der Waals surface area contributed by atoms with Gasteiger partial charge >= 0.3 is 0 Å². The fraction of sp³-hybridized carbons (Fsp3) is 0. The summed E-state index contributed by atoms with van der Waals surface area (Å²) in [4.78, 5) is 0. The van der Waals surface area contributed by atoms with Crippen LogP contribution in [-0.2, 0) is 9.05 Å². The van der Waals surface area contributed by atoms with Crippen LogP contribution in [0.1, 0.15) is 0 Å². The highest BCUT2D eigenvalue weighted by Gasteiger charge is 2.17. The number of hydrogen-bond donors (Lipinski definition) is 0. The van der Waals surface area contributed by atoms with E-state index in [1.807, 2.05) is 0 Å². The third-order valence-corrected chi connectivity index (χ3v) is 3.58. The van der Waals surface area contributed by atoms with E-state index in [1.54, 1.807) is 0 Å². The molecule has 0 fully saturated rings. The Morgan fingerprint density at radius 1 is 1.29 bits per heavy atom. The van der Waals surface area contributed by atoms with E-state index in [0.29, 0.717) is 5.69 Å². The molecule has 1 aromatic heterocycles. The fourth-order valence-corrected chi connectivity index (χ4v) is 2.39. The van der Waals surface area contributed by atoms with Crippen molar-refractivity contribution in [1.82, 2.24) is 9.78 Å². The minimum absolute atomic E-state index is 0.129. The van der Waals surface area contributed by atoms with Gasteiger partial charge in [0.25, 0.3) is 9.05 Å². The number of rotatable bonds is 2. The molecular formula is C9H5Cl2FN2O2S. The number of halogens is 3. The van der Waals surface area contributed by atoms with Gasteiger partial charge in [-0.1, -0.05) is 11.6 Å².